The maximum Gasteiger partial charge on any atom is 0.255 e. The first-order valence-corrected chi connectivity index (χ1v) is 21.0. The Kier molecular flexibility index (Phi) is 12.5. The summed E-state index contributed by atoms with van der Waals surface area (Å²) in [5.41, 5.74) is 5.97. The molecule has 5 aromatic rings. The normalized spacial score (nSPS) is 18.3. The highest BCUT2D eigenvalue weighted by Gasteiger charge is 2.39. The van der Waals surface area contributed by atoms with Gasteiger partial charge in [0.25, 0.3) is 17.7 Å². The molecule has 3 saturated heterocycles. The number of hydrogen-bond donors (Lipinski definition) is 3. The second-order valence-electron chi connectivity index (χ2n) is 16.5. The highest BCUT2D eigenvalue weighted by Crippen LogP contribution is 2.31. The molecule has 0 aliphatic carbocycles. The Labute approximate surface area is 370 Å². The SMILES string of the molecule is C[C@@H](NC(=O)c1cccc(NCc2nnc(-c3ccncn3)n2C)c1)c1cccc(C(=O)N2CC(CN3CCN(c4ccc5c(c4)CN(C4CCC(=O)NC4=O)C5=O)CC3)C2)c1.Cl. The molecule has 3 N–H and O–H groups in total. The van der Waals surface area contributed by atoms with Gasteiger partial charge < -0.3 is 29.9 Å². The van der Waals surface area contributed by atoms with Crippen LogP contribution in [0.4, 0.5) is 11.4 Å². The number of carbonyl (C=O) groups is 5. The molecule has 0 radical (unpaired) electrons. The van der Waals surface area contributed by atoms with Crippen LogP contribution in [0.2, 0.25) is 0 Å². The lowest BCUT2D eigenvalue weighted by Gasteiger charge is -2.44. The van der Waals surface area contributed by atoms with Crippen molar-refractivity contribution in [1.29, 1.82) is 0 Å². The van der Waals surface area contributed by atoms with Crippen molar-refractivity contribution < 1.29 is 24.0 Å². The number of nitrogens with one attached hydrogen (secondary N) is 3. The molecule has 18 heteroatoms. The van der Waals surface area contributed by atoms with Crippen molar-refractivity contribution in [3.8, 4) is 11.5 Å². The van der Waals surface area contributed by atoms with Gasteiger partial charge in [0.05, 0.1) is 12.6 Å². The van der Waals surface area contributed by atoms with E-state index in [1.807, 2.05) is 72.0 Å². The van der Waals surface area contributed by atoms with Crippen molar-refractivity contribution in [1.82, 2.24) is 50.1 Å². The number of hydrogen-bond acceptors (Lipinski definition) is 12. The van der Waals surface area contributed by atoms with E-state index in [1.165, 1.54) is 6.33 Å². The van der Waals surface area contributed by atoms with Gasteiger partial charge in [-0.05, 0) is 79.1 Å². The van der Waals surface area contributed by atoms with Crippen LogP contribution >= 0.6 is 12.4 Å². The first-order valence-electron chi connectivity index (χ1n) is 21.0. The Hall–Kier alpha value is -6.72. The third kappa shape index (κ3) is 9.11. The fourth-order valence-corrected chi connectivity index (χ4v) is 8.76. The minimum atomic E-state index is -0.624. The number of amides is 5. The van der Waals surface area contributed by atoms with Gasteiger partial charge in [-0.2, -0.15) is 0 Å². The number of imide groups is 1. The minimum Gasteiger partial charge on any atom is -0.378 e. The Balaban J connectivity index is 0.00000544. The van der Waals surface area contributed by atoms with E-state index in [4.69, 9.17) is 0 Å². The standard InChI is InChI=1S/C45H48N12O5.ClH/c1-28(49-42(59)31-6-4-8-34(20-31)47-22-39-51-52-41(53(39)2)37-13-14-46-27-48-37)30-5-3-7-32(19-30)44(61)56-24-29(25-56)23-54-15-17-55(18-16-54)35-9-10-36-33(21-35)26-57(45(36)62)38-11-12-40(58)50-43(38)60;/h3-10,13-14,19-21,27-29,38,47H,11-12,15-18,22-26H2,1-2H3,(H,49,59)(H,50,58,60);1H/t28-,38?;/m1./s1. The van der Waals surface area contributed by atoms with Gasteiger partial charge in [-0.3, -0.25) is 34.2 Å². The van der Waals surface area contributed by atoms with E-state index < -0.39 is 11.9 Å². The van der Waals surface area contributed by atoms with E-state index in [1.54, 1.807) is 29.3 Å². The van der Waals surface area contributed by atoms with Crippen molar-refractivity contribution >= 4 is 53.3 Å². The fourth-order valence-electron chi connectivity index (χ4n) is 8.76. The Bertz CT molecular complexity index is 2540. The summed E-state index contributed by atoms with van der Waals surface area (Å²) < 4.78 is 1.86. The van der Waals surface area contributed by atoms with Crippen LogP contribution in [0, 0.1) is 5.92 Å². The smallest absolute Gasteiger partial charge is 0.255 e. The molecule has 2 aromatic heterocycles. The first kappa shape index (κ1) is 42.9. The summed E-state index contributed by atoms with van der Waals surface area (Å²) in [6, 6.07) is 21.5. The van der Waals surface area contributed by atoms with Gasteiger partial charge in [-0.1, -0.05) is 18.2 Å². The first-order chi connectivity index (χ1) is 30.1. The average molecular weight is 873 g/mol. The lowest BCUT2D eigenvalue weighted by Crippen LogP contribution is -2.56. The largest absolute Gasteiger partial charge is 0.378 e. The number of fused-ring (bicyclic) bond motifs is 1. The lowest BCUT2D eigenvalue weighted by molar-refractivity contribution is -0.136. The molecule has 6 heterocycles. The Morgan fingerprint density at radius 2 is 1.71 bits per heavy atom. The number of likely N-dealkylation sites (tertiary alicyclic amines) is 1. The summed E-state index contributed by atoms with van der Waals surface area (Å²) in [7, 11) is 1.88. The van der Waals surface area contributed by atoms with Crippen molar-refractivity contribution in [3.05, 3.63) is 119 Å². The van der Waals surface area contributed by atoms with Crippen LogP contribution in [0.25, 0.3) is 11.5 Å². The number of aromatic nitrogens is 5. The summed E-state index contributed by atoms with van der Waals surface area (Å²) >= 11 is 0. The number of carbonyl (C=O) groups excluding carboxylic acids is 5. The van der Waals surface area contributed by atoms with Gasteiger partial charge in [-0.15, -0.1) is 22.6 Å². The molecule has 326 valence electrons. The summed E-state index contributed by atoms with van der Waals surface area (Å²) in [5, 5.41) is 17.3. The van der Waals surface area contributed by atoms with Gasteiger partial charge in [-0.25, -0.2) is 9.97 Å². The predicted molar refractivity (Wildman–Crippen MR) is 236 cm³/mol. The summed E-state index contributed by atoms with van der Waals surface area (Å²) in [6.07, 6.45) is 3.71. The highest BCUT2D eigenvalue weighted by molar-refractivity contribution is 6.05. The fraction of sp³-hybridized carbons (Fsp3) is 0.356. The van der Waals surface area contributed by atoms with Crippen LogP contribution in [-0.4, -0.2) is 121 Å². The van der Waals surface area contributed by atoms with E-state index in [2.05, 4.69) is 52.0 Å². The maximum atomic E-state index is 13.6. The molecule has 5 amide bonds. The molecule has 9 rings (SSSR count). The molecule has 4 aliphatic heterocycles. The van der Waals surface area contributed by atoms with Crippen molar-refractivity contribution in [2.24, 2.45) is 13.0 Å². The molecule has 0 bridgehead atoms. The molecule has 3 aromatic carbocycles. The molecule has 2 atom stereocenters. The van der Waals surface area contributed by atoms with Crippen LogP contribution in [0.15, 0.2) is 85.3 Å². The molecule has 3 fully saturated rings. The van der Waals surface area contributed by atoms with Gasteiger partial charge >= 0.3 is 0 Å². The van der Waals surface area contributed by atoms with Gasteiger partial charge in [0.15, 0.2) is 11.6 Å². The summed E-state index contributed by atoms with van der Waals surface area (Å²) in [6.45, 7) is 8.46. The second-order valence-corrected chi connectivity index (χ2v) is 16.5. The quantitative estimate of drug-likeness (QED) is 0.155. The third-order valence-corrected chi connectivity index (χ3v) is 12.3. The zero-order valence-electron chi connectivity index (χ0n) is 35.1. The highest BCUT2D eigenvalue weighted by atomic mass is 35.5. The summed E-state index contributed by atoms with van der Waals surface area (Å²) in [4.78, 5) is 80.6. The minimum absolute atomic E-state index is 0. The monoisotopic (exact) mass is 872 g/mol. The molecular formula is C45H49ClN12O5. The van der Waals surface area contributed by atoms with E-state index in [0.717, 1.165) is 55.2 Å². The molecule has 1 unspecified atom stereocenters. The van der Waals surface area contributed by atoms with E-state index in [-0.39, 0.29) is 48.5 Å². The summed E-state index contributed by atoms with van der Waals surface area (Å²) in [5.74, 6) is 0.634. The Morgan fingerprint density at radius 1 is 0.921 bits per heavy atom. The molecule has 0 saturated carbocycles. The number of piperazine rings is 1. The number of anilines is 2. The number of benzene rings is 3. The number of rotatable bonds is 12. The third-order valence-electron chi connectivity index (χ3n) is 12.3. The van der Waals surface area contributed by atoms with Crippen LogP contribution in [0.1, 0.15) is 73.8 Å². The number of piperidine rings is 1. The van der Waals surface area contributed by atoms with E-state index in [0.29, 0.717) is 72.6 Å². The van der Waals surface area contributed by atoms with Gasteiger partial charge in [0.2, 0.25) is 11.8 Å². The molecule has 0 spiro atoms. The van der Waals surface area contributed by atoms with Gasteiger partial charge in [0, 0.05) is 106 Å². The lowest BCUT2D eigenvalue weighted by atomic mass is 9.96. The van der Waals surface area contributed by atoms with Crippen molar-refractivity contribution in [2.75, 3.05) is 56.0 Å². The molecule has 63 heavy (non-hydrogen) atoms. The number of nitrogens with zero attached hydrogens (tertiary/aromatic N) is 9. The topological polar surface area (TPSA) is 191 Å². The molecule has 4 aliphatic rings. The second kappa shape index (κ2) is 18.3. The zero-order valence-corrected chi connectivity index (χ0v) is 35.9. The van der Waals surface area contributed by atoms with Crippen LogP contribution < -0.4 is 20.9 Å². The van der Waals surface area contributed by atoms with Crippen molar-refractivity contribution in [3.63, 3.8) is 0 Å². The molecule has 17 nitrogen and oxygen atoms in total. The zero-order chi connectivity index (χ0) is 42.9. The van der Waals surface area contributed by atoms with Crippen molar-refractivity contribution in [2.45, 2.75) is 44.9 Å². The van der Waals surface area contributed by atoms with E-state index in [9.17, 15) is 24.0 Å². The predicted octanol–water partition coefficient (Wildman–Crippen LogP) is 3.45. The van der Waals surface area contributed by atoms with Gasteiger partial charge in [0.1, 0.15) is 18.1 Å². The Morgan fingerprint density at radius 3 is 2.49 bits per heavy atom. The van der Waals surface area contributed by atoms with Crippen LogP contribution in [0.5, 0.6) is 0 Å². The van der Waals surface area contributed by atoms with E-state index >= 15 is 0 Å². The molecular weight excluding hydrogens is 824 g/mol. The van der Waals surface area contributed by atoms with Crippen LogP contribution in [-0.2, 0) is 29.7 Å². The van der Waals surface area contributed by atoms with Crippen LogP contribution in [0.3, 0.4) is 0 Å². The average Bonchev–Trinajstić information content (AvgIpc) is 3.81. The maximum absolute atomic E-state index is 13.6. The number of halogens is 1.